The number of guanidine groups is 1. The van der Waals surface area contributed by atoms with Gasteiger partial charge in [-0.2, -0.15) is 0 Å². The zero-order valence-corrected chi connectivity index (χ0v) is 18.1. The van der Waals surface area contributed by atoms with Crippen LogP contribution in [0.3, 0.4) is 0 Å². The van der Waals surface area contributed by atoms with Crippen molar-refractivity contribution in [2.45, 2.75) is 44.8 Å². The van der Waals surface area contributed by atoms with Crippen LogP contribution in [0, 0.1) is 0 Å². The number of hydrogen-bond acceptors (Lipinski definition) is 5. The van der Waals surface area contributed by atoms with E-state index in [-0.39, 0.29) is 12.0 Å². The van der Waals surface area contributed by atoms with E-state index in [1.54, 1.807) is 25.4 Å². The molecule has 8 nitrogen and oxygen atoms in total. The highest BCUT2D eigenvalue weighted by atomic mass is 16.5. The number of piperazine rings is 1. The first kappa shape index (κ1) is 21.2. The van der Waals surface area contributed by atoms with E-state index in [0.717, 1.165) is 37.5 Å². The molecule has 1 aliphatic heterocycles. The summed E-state index contributed by atoms with van der Waals surface area (Å²) in [7, 11) is 1.78. The second-order valence-electron chi connectivity index (χ2n) is 8.04. The number of aromatic nitrogens is 1. The molecule has 31 heavy (non-hydrogen) atoms. The summed E-state index contributed by atoms with van der Waals surface area (Å²) in [5.41, 5.74) is 1.11. The van der Waals surface area contributed by atoms with Crippen molar-refractivity contribution in [3.63, 3.8) is 0 Å². The highest BCUT2D eigenvalue weighted by Gasteiger charge is 2.25. The van der Waals surface area contributed by atoms with E-state index in [0.29, 0.717) is 31.3 Å². The van der Waals surface area contributed by atoms with E-state index in [9.17, 15) is 4.79 Å². The Labute approximate surface area is 183 Å². The Hall–Kier alpha value is -3.03. The van der Waals surface area contributed by atoms with Crippen LogP contribution >= 0.6 is 0 Å². The smallest absolute Gasteiger partial charge is 0.289 e. The largest absolute Gasteiger partial charge is 0.474 e. The summed E-state index contributed by atoms with van der Waals surface area (Å²) >= 11 is 0. The molecule has 1 saturated heterocycles. The third-order valence-electron chi connectivity index (χ3n) is 5.90. The Morgan fingerprint density at radius 1 is 1.19 bits per heavy atom. The van der Waals surface area contributed by atoms with Gasteiger partial charge in [-0.25, -0.2) is 4.98 Å². The van der Waals surface area contributed by atoms with Crippen LogP contribution in [-0.4, -0.2) is 66.0 Å². The molecule has 0 radical (unpaired) electrons. The normalized spacial score (nSPS) is 18.2. The van der Waals surface area contributed by atoms with E-state index >= 15 is 0 Å². The maximum absolute atomic E-state index is 12.4. The predicted molar refractivity (Wildman–Crippen MR) is 118 cm³/mol. The number of rotatable bonds is 5. The van der Waals surface area contributed by atoms with Gasteiger partial charge in [0.15, 0.2) is 11.7 Å². The molecule has 0 atom stereocenters. The number of carbonyl (C=O) groups excluding carboxylic acids is 1. The first-order chi connectivity index (χ1) is 15.2. The maximum Gasteiger partial charge on any atom is 0.289 e. The molecule has 0 aromatic carbocycles. The van der Waals surface area contributed by atoms with Gasteiger partial charge in [0.25, 0.3) is 5.91 Å². The molecule has 0 spiro atoms. The monoisotopic (exact) mass is 425 g/mol. The van der Waals surface area contributed by atoms with Gasteiger partial charge in [0, 0.05) is 52.0 Å². The Kier molecular flexibility index (Phi) is 7.07. The minimum atomic E-state index is -0.0603. The van der Waals surface area contributed by atoms with Gasteiger partial charge in [-0.3, -0.25) is 9.79 Å². The lowest BCUT2D eigenvalue weighted by atomic mass is 9.98. The van der Waals surface area contributed by atoms with Crippen LogP contribution in [0.25, 0.3) is 0 Å². The van der Waals surface area contributed by atoms with Gasteiger partial charge in [-0.05, 0) is 49.4 Å². The zero-order valence-electron chi connectivity index (χ0n) is 18.1. The van der Waals surface area contributed by atoms with Crippen molar-refractivity contribution in [2.24, 2.45) is 4.99 Å². The number of aliphatic imine (C=N–C) groups is 1. The van der Waals surface area contributed by atoms with Crippen LogP contribution in [0.4, 0.5) is 0 Å². The Bertz CT molecular complexity index is 869. The summed E-state index contributed by atoms with van der Waals surface area (Å²) in [4.78, 5) is 25.2. The highest BCUT2D eigenvalue weighted by molar-refractivity contribution is 5.91. The van der Waals surface area contributed by atoms with Crippen LogP contribution < -0.4 is 10.1 Å². The minimum absolute atomic E-state index is 0.0603. The average Bonchev–Trinajstić information content (AvgIpc) is 3.35. The van der Waals surface area contributed by atoms with Crippen molar-refractivity contribution in [1.82, 2.24) is 20.1 Å². The molecule has 166 valence electrons. The quantitative estimate of drug-likeness (QED) is 0.586. The SMILES string of the molecule is CN=C(NCc1ccnc(OC2CCCCC2)c1)N1CCN(C(=O)c2ccco2)CC1. The number of ether oxygens (including phenoxy) is 1. The van der Waals surface area contributed by atoms with E-state index in [4.69, 9.17) is 9.15 Å². The summed E-state index contributed by atoms with van der Waals surface area (Å²) in [5, 5.41) is 3.43. The number of pyridine rings is 1. The molecule has 4 rings (SSSR count). The maximum atomic E-state index is 12.4. The van der Waals surface area contributed by atoms with E-state index in [1.807, 2.05) is 17.0 Å². The second kappa shape index (κ2) is 10.3. The van der Waals surface area contributed by atoms with Gasteiger partial charge >= 0.3 is 0 Å². The van der Waals surface area contributed by atoms with Crippen molar-refractivity contribution < 1.29 is 13.9 Å². The average molecular weight is 426 g/mol. The van der Waals surface area contributed by atoms with Crippen LogP contribution in [0.15, 0.2) is 46.1 Å². The van der Waals surface area contributed by atoms with Gasteiger partial charge in [-0.1, -0.05) is 6.42 Å². The third kappa shape index (κ3) is 5.57. The van der Waals surface area contributed by atoms with Crippen LogP contribution in [0.2, 0.25) is 0 Å². The molecule has 2 aromatic rings. The lowest BCUT2D eigenvalue weighted by molar-refractivity contribution is 0.0657. The molecule has 3 heterocycles. The summed E-state index contributed by atoms with van der Waals surface area (Å²) in [6, 6.07) is 7.44. The first-order valence-corrected chi connectivity index (χ1v) is 11.1. The fraction of sp³-hybridized carbons (Fsp3) is 0.522. The molecule has 2 aliphatic rings. The van der Waals surface area contributed by atoms with Crippen molar-refractivity contribution in [1.29, 1.82) is 0 Å². The van der Waals surface area contributed by atoms with Crippen LogP contribution in [-0.2, 0) is 6.54 Å². The lowest BCUT2D eigenvalue weighted by Crippen LogP contribution is -2.53. The van der Waals surface area contributed by atoms with Crippen LogP contribution in [0.1, 0.15) is 48.2 Å². The second-order valence-corrected chi connectivity index (χ2v) is 8.04. The van der Waals surface area contributed by atoms with Gasteiger partial charge in [0.05, 0.1) is 6.26 Å². The van der Waals surface area contributed by atoms with Gasteiger partial charge in [0.1, 0.15) is 6.10 Å². The Morgan fingerprint density at radius 3 is 2.68 bits per heavy atom. The first-order valence-electron chi connectivity index (χ1n) is 11.1. The number of amides is 1. The van der Waals surface area contributed by atoms with Gasteiger partial charge in [0.2, 0.25) is 5.88 Å². The molecule has 1 aliphatic carbocycles. The van der Waals surface area contributed by atoms with Crippen molar-refractivity contribution in [3.05, 3.63) is 48.0 Å². The number of nitrogens with zero attached hydrogens (tertiary/aromatic N) is 4. The van der Waals surface area contributed by atoms with Gasteiger partial charge in [-0.15, -0.1) is 0 Å². The Morgan fingerprint density at radius 2 is 1.97 bits per heavy atom. The third-order valence-corrected chi connectivity index (χ3v) is 5.90. The number of hydrogen-bond donors (Lipinski definition) is 1. The summed E-state index contributed by atoms with van der Waals surface area (Å²) in [6.45, 7) is 3.35. The highest BCUT2D eigenvalue weighted by Crippen LogP contribution is 2.22. The fourth-order valence-corrected chi connectivity index (χ4v) is 4.17. The number of nitrogens with one attached hydrogen (secondary N) is 1. The van der Waals surface area contributed by atoms with E-state index < -0.39 is 0 Å². The Balaban J connectivity index is 1.27. The molecule has 2 fully saturated rings. The molecule has 0 unspecified atom stereocenters. The zero-order chi connectivity index (χ0) is 21.5. The molecule has 2 aromatic heterocycles. The van der Waals surface area contributed by atoms with Crippen molar-refractivity contribution in [3.8, 4) is 5.88 Å². The number of furan rings is 1. The number of carbonyl (C=O) groups is 1. The molecule has 1 N–H and O–H groups in total. The summed E-state index contributed by atoms with van der Waals surface area (Å²) in [5.74, 6) is 1.86. The minimum Gasteiger partial charge on any atom is -0.474 e. The fourth-order valence-electron chi connectivity index (χ4n) is 4.17. The standard InChI is InChI=1S/C23H31N5O3/c1-24-23(28-13-11-27(12-14-28)22(29)20-8-5-15-30-20)26-17-18-9-10-25-21(16-18)31-19-6-3-2-4-7-19/h5,8-10,15-16,19H,2-4,6-7,11-14,17H2,1H3,(H,24,26). The molecule has 8 heteroatoms. The molecule has 1 amide bonds. The summed E-state index contributed by atoms with van der Waals surface area (Å²) in [6.07, 6.45) is 9.64. The topological polar surface area (TPSA) is 83.2 Å². The van der Waals surface area contributed by atoms with Crippen molar-refractivity contribution in [2.75, 3.05) is 33.2 Å². The van der Waals surface area contributed by atoms with Gasteiger partial charge < -0.3 is 24.3 Å². The van der Waals surface area contributed by atoms with E-state index in [2.05, 4.69) is 20.2 Å². The summed E-state index contributed by atoms with van der Waals surface area (Å²) < 4.78 is 11.3. The molecule has 1 saturated carbocycles. The predicted octanol–water partition coefficient (Wildman–Crippen LogP) is 2.92. The van der Waals surface area contributed by atoms with E-state index in [1.165, 1.54) is 25.5 Å². The molecular formula is C23H31N5O3. The van der Waals surface area contributed by atoms with Crippen molar-refractivity contribution >= 4 is 11.9 Å². The van der Waals surface area contributed by atoms with Crippen LogP contribution in [0.5, 0.6) is 5.88 Å². The molecule has 0 bridgehead atoms. The lowest BCUT2D eigenvalue weighted by Gasteiger charge is -2.36. The molecular weight excluding hydrogens is 394 g/mol.